The minimum Gasteiger partial charge on any atom is -0.142 e. The van der Waals surface area contributed by atoms with Crippen LogP contribution in [0.4, 0.5) is 0 Å². The second-order valence-electron chi connectivity index (χ2n) is 3.99. The van der Waals surface area contributed by atoms with Crippen molar-refractivity contribution in [1.82, 2.24) is 10.2 Å². The van der Waals surface area contributed by atoms with Crippen molar-refractivity contribution in [2.24, 2.45) is 5.92 Å². The fourth-order valence-electron chi connectivity index (χ4n) is 2.14. The molecule has 1 saturated carbocycles. The molecule has 0 spiro atoms. The number of rotatable bonds is 3. The average Bonchev–Trinajstić information content (AvgIpc) is 2.63. The molecule has 1 aromatic heterocycles. The van der Waals surface area contributed by atoms with Gasteiger partial charge in [0.1, 0.15) is 5.01 Å². The molecule has 0 N–H and O–H groups in total. The van der Waals surface area contributed by atoms with E-state index in [0.29, 0.717) is 4.47 Å². The Balaban J connectivity index is 1.76. The Hall–Kier alpha value is -0.150. The van der Waals surface area contributed by atoms with Crippen LogP contribution in [0, 0.1) is 5.92 Å². The molecule has 78 valence electrons. The van der Waals surface area contributed by atoms with Gasteiger partial charge in [-0.2, -0.15) is 0 Å². The van der Waals surface area contributed by atoms with E-state index in [9.17, 15) is 0 Å². The van der Waals surface area contributed by atoms with E-state index in [1.807, 2.05) is 0 Å². The van der Waals surface area contributed by atoms with Crippen LogP contribution >= 0.6 is 22.9 Å². The third-order valence-corrected chi connectivity index (χ3v) is 4.01. The van der Waals surface area contributed by atoms with Crippen LogP contribution in [0.25, 0.3) is 0 Å². The molecule has 1 aromatic rings. The van der Waals surface area contributed by atoms with Gasteiger partial charge in [0, 0.05) is 6.42 Å². The van der Waals surface area contributed by atoms with E-state index >= 15 is 0 Å². The van der Waals surface area contributed by atoms with E-state index in [2.05, 4.69) is 10.2 Å². The number of aromatic nitrogens is 2. The van der Waals surface area contributed by atoms with Crippen molar-refractivity contribution in [1.29, 1.82) is 0 Å². The third kappa shape index (κ3) is 2.92. The van der Waals surface area contributed by atoms with E-state index in [-0.39, 0.29) is 0 Å². The lowest BCUT2D eigenvalue weighted by molar-refractivity contribution is 0.339. The number of hydrogen-bond donors (Lipinski definition) is 0. The molecule has 0 atom stereocenters. The van der Waals surface area contributed by atoms with Crippen LogP contribution in [-0.4, -0.2) is 10.2 Å². The summed E-state index contributed by atoms with van der Waals surface area (Å²) in [5.41, 5.74) is 0. The van der Waals surface area contributed by atoms with Gasteiger partial charge in [-0.05, 0) is 23.9 Å². The standard InChI is InChI=1S/C10H15ClN2S/c11-10-13-12-9(14-10)7-6-8-4-2-1-3-5-8/h8H,1-7H2. The van der Waals surface area contributed by atoms with Gasteiger partial charge in [-0.25, -0.2) is 0 Å². The van der Waals surface area contributed by atoms with Gasteiger partial charge in [0.2, 0.25) is 4.47 Å². The molecule has 14 heavy (non-hydrogen) atoms. The van der Waals surface area contributed by atoms with Crippen LogP contribution in [0.3, 0.4) is 0 Å². The zero-order chi connectivity index (χ0) is 9.80. The first-order valence-electron chi connectivity index (χ1n) is 5.32. The quantitative estimate of drug-likeness (QED) is 0.791. The number of aryl methyl sites for hydroxylation is 1. The molecular weight excluding hydrogens is 216 g/mol. The molecular formula is C10H15ClN2S. The molecule has 1 aliphatic carbocycles. The molecule has 0 saturated heterocycles. The van der Waals surface area contributed by atoms with Gasteiger partial charge < -0.3 is 0 Å². The van der Waals surface area contributed by atoms with Crippen LogP contribution in [-0.2, 0) is 6.42 Å². The molecule has 1 fully saturated rings. The minimum absolute atomic E-state index is 0.573. The molecule has 0 aromatic carbocycles. The predicted molar refractivity (Wildman–Crippen MR) is 59.8 cm³/mol. The molecule has 1 heterocycles. The Kier molecular flexibility index (Phi) is 3.76. The van der Waals surface area contributed by atoms with Crippen molar-refractivity contribution in [3.63, 3.8) is 0 Å². The molecule has 2 rings (SSSR count). The van der Waals surface area contributed by atoms with Gasteiger partial charge >= 0.3 is 0 Å². The van der Waals surface area contributed by atoms with Gasteiger partial charge in [-0.3, -0.25) is 0 Å². The van der Waals surface area contributed by atoms with E-state index in [1.54, 1.807) is 0 Å². The van der Waals surface area contributed by atoms with E-state index in [1.165, 1.54) is 49.9 Å². The summed E-state index contributed by atoms with van der Waals surface area (Å²) in [5.74, 6) is 0.923. The summed E-state index contributed by atoms with van der Waals surface area (Å²) in [4.78, 5) is 0. The highest BCUT2D eigenvalue weighted by Crippen LogP contribution is 2.28. The van der Waals surface area contributed by atoms with Crippen LogP contribution in [0.15, 0.2) is 0 Å². The Morgan fingerprint density at radius 2 is 2.00 bits per heavy atom. The highest BCUT2D eigenvalue weighted by atomic mass is 35.5. The first kappa shape index (κ1) is 10.4. The Bertz CT molecular complexity index is 281. The molecule has 0 aliphatic heterocycles. The van der Waals surface area contributed by atoms with Gasteiger partial charge in [0.05, 0.1) is 0 Å². The molecule has 0 bridgehead atoms. The van der Waals surface area contributed by atoms with Gasteiger partial charge in [-0.15, -0.1) is 10.2 Å². The third-order valence-electron chi connectivity index (χ3n) is 2.93. The second kappa shape index (κ2) is 5.08. The second-order valence-corrected chi connectivity index (χ2v) is 5.64. The highest BCUT2D eigenvalue weighted by Gasteiger charge is 2.14. The summed E-state index contributed by atoms with van der Waals surface area (Å²) in [6.45, 7) is 0. The van der Waals surface area contributed by atoms with Gasteiger partial charge in [-0.1, -0.05) is 43.4 Å². The largest absolute Gasteiger partial charge is 0.207 e. The number of hydrogen-bond acceptors (Lipinski definition) is 3. The zero-order valence-corrected chi connectivity index (χ0v) is 9.78. The maximum Gasteiger partial charge on any atom is 0.207 e. The monoisotopic (exact) mass is 230 g/mol. The summed E-state index contributed by atoms with van der Waals surface area (Å²) in [6.07, 6.45) is 9.42. The topological polar surface area (TPSA) is 25.8 Å². The smallest absolute Gasteiger partial charge is 0.142 e. The predicted octanol–water partition coefficient (Wildman–Crippen LogP) is 3.70. The normalized spacial score (nSPS) is 18.6. The Morgan fingerprint density at radius 1 is 1.21 bits per heavy atom. The van der Waals surface area contributed by atoms with Crippen molar-refractivity contribution in [2.75, 3.05) is 0 Å². The highest BCUT2D eigenvalue weighted by molar-refractivity contribution is 7.15. The SMILES string of the molecule is Clc1nnc(CCC2CCCCC2)s1. The van der Waals surface area contributed by atoms with Crippen LogP contribution in [0.1, 0.15) is 43.5 Å². The van der Waals surface area contributed by atoms with Crippen molar-refractivity contribution < 1.29 is 0 Å². The van der Waals surface area contributed by atoms with Crippen LogP contribution in [0.2, 0.25) is 4.47 Å². The summed E-state index contributed by atoms with van der Waals surface area (Å²) < 4.78 is 0.573. The fraction of sp³-hybridized carbons (Fsp3) is 0.800. The molecule has 2 nitrogen and oxygen atoms in total. The fourth-order valence-corrected chi connectivity index (χ4v) is 3.02. The van der Waals surface area contributed by atoms with E-state index in [0.717, 1.165) is 17.3 Å². The van der Waals surface area contributed by atoms with Gasteiger partial charge in [0.15, 0.2) is 0 Å². The number of halogens is 1. The summed E-state index contributed by atoms with van der Waals surface area (Å²) in [6, 6.07) is 0. The summed E-state index contributed by atoms with van der Waals surface area (Å²) >= 11 is 7.25. The maximum absolute atomic E-state index is 5.73. The van der Waals surface area contributed by atoms with Crippen molar-refractivity contribution in [3.8, 4) is 0 Å². The lowest BCUT2D eigenvalue weighted by Crippen LogP contribution is -2.07. The first-order valence-corrected chi connectivity index (χ1v) is 6.52. The number of nitrogens with zero attached hydrogens (tertiary/aromatic N) is 2. The van der Waals surface area contributed by atoms with Gasteiger partial charge in [0.25, 0.3) is 0 Å². The Labute approximate surface area is 93.7 Å². The first-order chi connectivity index (χ1) is 6.84. The zero-order valence-electron chi connectivity index (χ0n) is 8.21. The minimum atomic E-state index is 0.573. The molecule has 0 radical (unpaired) electrons. The van der Waals surface area contributed by atoms with Crippen molar-refractivity contribution >= 4 is 22.9 Å². The summed E-state index contributed by atoms with van der Waals surface area (Å²) in [7, 11) is 0. The van der Waals surface area contributed by atoms with Crippen LogP contribution in [0.5, 0.6) is 0 Å². The van der Waals surface area contributed by atoms with E-state index < -0.39 is 0 Å². The maximum atomic E-state index is 5.73. The molecule has 1 aliphatic rings. The lowest BCUT2D eigenvalue weighted by atomic mass is 9.86. The van der Waals surface area contributed by atoms with Crippen molar-refractivity contribution in [3.05, 3.63) is 9.47 Å². The average molecular weight is 231 g/mol. The van der Waals surface area contributed by atoms with Crippen molar-refractivity contribution in [2.45, 2.75) is 44.9 Å². The Morgan fingerprint density at radius 3 is 2.64 bits per heavy atom. The van der Waals surface area contributed by atoms with Crippen LogP contribution < -0.4 is 0 Å². The molecule has 4 heteroatoms. The lowest BCUT2D eigenvalue weighted by Gasteiger charge is -2.20. The van der Waals surface area contributed by atoms with E-state index in [4.69, 9.17) is 11.6 Å². The summed E-state index contributed by atoms with van der Waals surface area (Å²) in [5, 5.41) is 8.95. The molecule has 0 amide bonds. The molecule has 0 unspecified atom stereocenters.